The van der Waals surface area contributed by atoms with Crippen molar-refractivity contribution < 1.29 is 22.8 Å². The summed E-state index contributed by atoms with van der Waals surface area (Å²) in [5.41, 5.74) is 2.01. The van der Waals surface area contributed by atoms with Crippen LogP contribution in [0.2, 0.25) is 0 Å². The third-order valence-electron chi connectivity index (χ3n) is 7.93. The number of anilines is 2. The van der Waals surface area contributed by atoms with E-state index in [2.05, 4.69) is 37.4 Å². The lowest BCUT2D eigenvalue weighted by Crippen LogP contribution is -2.46. The van der Waals surface area contributed by atoms with Crippen molar-refractivity contribution in [2.75, 3.05) is 57.1 Å². The number of hydroxylamine groups is 2. The zero-order chi connectivity index (χ0) is 29.7. The molecule has 1 amide bonds. The zero-order valence-electron chi connectivity index (χ0n) is 24.4. The first-order chi connectivity index (χ1) is 19.5. The predicted molar refractivity (Wildman–Crippen MR) is 155 cm³/mol. The second-order valence-corrected chi connectivity index (χ2v) is 10.6. The Bertz CT molecular complexity index is 1360. The SMILES string of the molecule is CON(C)C(=O)CCCCN1CCN(c2ccc3c(C)nnc(N[C@H](C)c4cccc(C(F)(F)F)c4C)c3c2)CC1. The standard InChI is InChI=1S/C30H39F3N6O2/c1-20-24(9-8-10-27(20)30(31,32)33)21(2)34-29-26-19-23(12-13-25(26)22(3)35-36-29)39-17-15-38(16-18-39)14-7-6-11-28(40)37(4)41-5/h8-10,12-13,19,21H,6-7,11,14-18H2,1-5H3,(H,34,36)/t21-/m1/s1. The molecule has 0 aliphatic carbocycles. The number of carbonyl (C=O) groups excluding carboxylic acids is 1. The van der Waals surface area contributed by atoms with Crippen LogP contribution in [-0.4, -0.2) is 72.9 Å². The quantitative estimate of drug-likeness (QED) is 0.245. The zero-order valence-corrected chi connectivity index (χ0v) is 24.4. The maximum Gasteiger partial charge on any atom is 0.416 e. The van der Waals surface area contributed by atoms with Gasteiger partial charge in [-0.1, -0.05) is 18.2 Å². The number of piperazine rings is 1. The number of nitrogens with zero attached hydrogens (tertiary/aromatic N) is 5. The molecule has 11 heteroatoms. The maximum atomic E-state index is 13.5. The summed E-state index contributed by atoms with van der Waals surface area (Å²) >= 11 is 0. The fourth-order valence-corrected chi connectivity index (χ4v) is 5.39. The number of hydrogen-bond donors (Lipinski definition) is 1. The number of hydrogen-bond acceptors (Lipinski definition) is 7. The number of aryl methyl sites for hydroxylation is 1. The number of fused-ring (bicyclic) bond motifs is 1. The van der Waals surface area contributed by atoms with Crippen LogP contribution in [0.4, 0.5) is 24.7 Å². The highest BCUT2D eigenvalue weighted by Crippen LogP contribution is 2.36. The van der Waals surface area contributed by atoms with Gasteiger partial charge in [-0.25, -0.2) is 5.06 Å². The van der Waals surface area contributed by atoms with Crippen LogP contribution in [0, 0.1) is 13.8 Å². The summed E-state index contributed by atoms with van der Waals surface area (Å²) in [5, 5.41) is 15.1. The second kappa shape index (κ2) is 13.0. The molecule has 1 aromatic heterocycles. The van der Waals surface area contributed by atoms with Gasteiger partial charge in [-0.2, -0.15) is 18.3 Å². The molecule has 0 bridgehead atoms. The highest BCUT2D eigenvalue weighted by molar-refractivity contribution is 5.95. The molecule has 0 saturated carbocycles. The summed E-state index contributed by atoms with van der Waals surface area (Å²) < 4.78 is 40.5. The number of nitrogens with one attached hydrogen (secondary N) is 1. The van der Waals surface area contributed by atoms with Crippen molar-refractivity contribution in [1.29, 1.82) is 0 Å². The Morgan fingerprint density at radius 2 is 1.80 bits per heavy atom. The molecule has 222 valence electrons. The van der Waals surface area contributed by atoms with Crippen LogP contribution < -0.4 is 10.2 Å². The molecule has 0 radical (unpaired) electrons. The van der Waals surface area contributed by atoms with Gasteiger partial charge in [0.25, 0.3) is 0 Å². The number of aromatic nitrogens is 2. The Labute approximate surface area is 239 Å². The number of unbranched alkanes of at least 4 members (excludes halogenated alkanes) is 1. The number of rotatable bonds is 10. The van der Waals surface area contributed by atoms with E-state index in [1.807, 2.05) is 19.9 Å². The van der Waals surface area contributed by atoms with Crippen LogP contribution >= 0.6 is 0 Å². The Hall–Kier alpha value is -3.44. The molecule has 41 heavy (non-hydrogen) atoms. The van der Waals surface area contributed by atoms with Gasteiger partial charge in [0.2, 0.25) is 5.91 Å². The van der Waals surface area contributed by atoms with Gasteiger partial charge < -0.3 is 10.2 Å². The van der Waals surface area contributed by atoms with E-state index in [4.69, 9.17) is 4.84 Å². The lowest BCUT2D eigenvalue weighted by molar-refractivity contribution is -0.168. The van der Waals surface area contributed by atoms with Gasteiger partial charge in [0.15, 0.2) is 5.82 Å². The molecular weight excluding hydrogens is 533 g/mol. The van der Waals surface area contributed by atoms with Crippen molar-refractivity contribution in [3.63, 3.8) is 0 Å². The van der Waals surface area contributed by atoms with Crippen LogP contribution in [0.3, 0.4) is 0 Å². The van der Waals surface area contributed by atoms with Gasteiger partial charge >= 0.3 is 6.18 Å². The molecule has 8 nitrogen and oxygen atoms in total. The van der Waals surface area contributed by atoms with E-state index in [0.717, 1.165) is 73.8 Å². The van der Waals surface area contributed by atoms with Gasteiger partial charge in [0, 0.05) is 56.1 Å². The Morgan fingerprint density at radius 1 is 1.07 bits per heavy atom. The fraction of sp³-hybridized carbons (Fsp3) is 0.500. The van der Waals surface area contributed by atoms with E-state index in [1.165, 1.54) is 25.2 Å². The van der Waals surface area contributed by atoms with Crippen molar-refractivity contribution in [2.45, 2.75) is 52.3 Å². The van der Waals surface area contributed by atoms with Crippen molar-refractivity contribution in [1.82, 2.24) is 20.2 Å². The first-order valence-corrected chi connectivity index (χ1v) is 14.0. The number of alkyl halides is 3. The monoisotopic (exact) mass is 572 g/mol. The van der Waals surface area contributed by atoms with Gasteiger partial charge in [-0.3, -0.25) is 14.5 Å². The molecular formula is C30H39F3N6O2. The number of halogens is 3. The van der Waals surface area contributed by atoms with Crippen molar-refractivity contribution >= 4 is 28.2 Å². The largest absolute Gasteiger partial charge is 0.416 e. The van der Waals surface area contributed by atoms with E-state index < -0.39 is 17.8 Å². The molecule has 4 rings (SSSR count). The molecule has 0 unspecified atom stereocenters. The smallest absolute Gasteiger partial charge is 0.369 e. The molecule has 1 fully saturated rings. The van der Waals surface area contributed by atoms with E-state index in [1.54, 1.807) is 13.1 Å². The highest BCUT2D eigenvalue weighted by atomic mass is 19.4. The average Bonchev–Trinajstić information content (AvgIpc) is 2.95. The average molecular weight is 573 g/mol. The Morgan fingerprint density at radius 3 is 2.49 bits per heavy atom. The van der Waals surface area contributed by atoms with Crippen LogP contribution in [0.1, 0.15) is 54.6 Å². The molecule has 2 aromatic carbocycles. The molecule has 1 atom stereocenters. The number of carbonyl (C=O) groups is 1. The minimum atomic E-state index is -4.41. The maximum absolute atomic E-state index is 13.5. The lowest BCUT2D eigenvalue weighted by Gasteiger charge is -2.36. The van der Waals surface area contributed by atoms with Crippen LogP contribution in [0.5, 0.6) is 0 Å². The Balaban J connectivity index is 1.43. The summed E-state index contributed by atoms with van der Waals surface area (Å²) in [5.74, 6) is 0.533. The lowest BCUT2D eigenvalue weighted by atomic mass is 9.97. The first kappa shape index (κ1) is 30.5. The van der Waals surface area contributed by atoms with Crippen molar-refractivity contribution in [3.05, 3.63) is 58.8 Å². The first-order valence-electron chi connectivity index (χ1n) is 14.0. The highest BCUT2D eigenvalue weighted by Gasteiger charge is 2.33. The Kier molecular flexibility index (Phi) is 9.70. The minimum Gasteiger partial charge on any atom is -0.369 e. The van der Waals surface area contributed by atoms with Gasteiger partial charge in [0.05, 0.1) is 24.4 Å². The van der Waals surface area contributed by atoms with Gasteiger partial charge in [-0.15, -0.1) is 5.10 Å². The van der Waals surface area contributed by atoms with Crippen molar-refractivity contribution in [3.8, 4) is 0 Å². The van der Waals surface area contributed by atoms with Crippen LogP contribution in [-0.2, 0) is 15.8 Å². The molecule has 3 aromatic rings. The van der Waals surface area contributed by atoms with Crippen LogP contribution in [0.25, 0.3) is 10.8 Å². The van der Waals surface area contributed by atoms with E-state index >= 15 is 0 Å². The van der Waals surface area contributed by atoms with E-state index in [0.29, 0.717) is 17.8 Å². The van der Waals surface area contributed by atoms with E-state index in [9.17, 15) is 18.0 Å². The second-order valence-electron chi connectivity index (χ2n) is 10.6. The van der Waals surface area contributed by atoms with Gasteiger partial charge in [0.1, 0.15) is 0 Å². The summed E-state index contributed by atoms with van der Waals surface area (Å²) in [6, 6.07) is 10.1. The van der Waals surface area contributed by atoms with Crippen LogP contribution in [0.15, 0.2) is 36.4 Å². The third kappa shape index (κ3) is 7.26. The third-order valence-corrected chi connectivity index (χ3v) is 7.93. The molecule has 1 saturated heterocycles. The predicted octanol–water partition coefficient (Wildman–Crippen LogP) is 5.75. The normalized spacial score (nSPS) is 15.3. The summed E-state index contributed by atoms with van der Waals surface area (Å²) in [7, 11) is 3.11. The van der Waals surface area contributed by atoms with Gasteiger partial charge in [-0.05, 0) is 69.5 Å². The van der Waals surface area contributed by atoms with Crippen molar-refractivity contribution in [2.24, 2.45) is 0 Å². The topological polar surface area (TPSA) is 73.8 Å². The number of benzene rings is 2. The summed E-state index contributed by atoms with van der Waals surface area (Å²) in [4.78, 5) is 21.6. The molecule has 1 aliphatic heterocycles. The number of amides is 1. The molecule has 0 spiro atoms. The molecule has 1 N–H and O–H groups in total. The summed E-state index contributed by atoms with van der Waals surface area (Å²) in [6.07, 6.45) is -2.15. The molecule has 2 heterocycles. The minimum absolute atomic E-state index is 0.0123. The molecule has 1 aliphatic rings. The summed E-state index contributed by atoms with van der Waals surface area (Å²) in [6.45, 7) is 9.79. The van der Waals surface area contributed by atoms with E-state index in [-0.39, 0.29) is 11.5 Å². The fourth-order valence-electron chi connectivity index (χ4n) is 5.39.